The predicted molar refractivity (Wildman–Crippen MR) is 57.3 cm³/mol. The minimum Gasteiger partial charge on any atom is -0.466 e. The lowest BCUT2D eigenvalue weighted by Crippen LogP contribution is -2.05. The number of rotatable bonds is 5. The number of carbonyl (C=O) groups excluding carboxylic acids is 2. The van der Waals surface area contributed by atoms with Crippen molar-refractivity contribution in [3.63, 3.8) is 0 Å². The van der Waals surface area contributed by atoms with Crippen molar-refractivity contribution in [2.24, 2.45) is 5.92 Å². The van der Waals surface area contributed by atoms with Crippen molar-refractivity contribution in [3.8, 4) is 0 Å². The average Bonchev–Trinajstić information content (AvgIpc) is 2.63. The Bertz CT molecular complexity index is 289. The van der Waals surface area contributed by atoms with Crippen molar-refractivity contribution < 1.29 is 14.3 Å². The van der Waals surface area contributed by atoms with Gasteiger partial charge in [0, 0.05) is 12.0 Å². The smallest absolute Gasteiger partial charge is 0.330 e. The van der Waals surface area contributed by atoms with Crippen molar-refractivity contribution in [1.29, 1.82) is 0 Å². The zero-order valence-electron chi connectivity index (χ0n) is 8.94. The quantitative estimate of drug-likeness (QED) is 0.394. The number of ketones is 1. The Labute approximate surface area is 89.8 Å². The maximum absolute atomic E-state index is 11.2. The molecule has 0 fully saturated rings. The molecule has 15 heavy (non-hydrogen) atoms. The summed E-state index contributed by atoms with van der Waals surface area (Å²) in [5, 5.41) is 0. The van der Waals surface area contributed by atoms with E-state index in [1.54, 1.807) is 12.2 Å². The Morgan fingerprint density at radius 3 is 3.07 bits per heavy atom. The highest BCUT2D eigenvalue weighted by Gasteiger charge is 2.18. The number of unbranched alkanes of at least 4 members (excludes halogenated alkanes) is 1. The summed E-state index contributed by atoms with van der Waals surface area (Å²) in [6.45, 7) is 0. The van der Waals surface area contributed by atoms with E-state index in [2.05, 4.69) is 4.74 Å². The minimum absolute atomic E-state index is 0.177. The van der Waals surface area contributed by atoms with E-state index in [0.29, 0.717) is 0 Å². The Kier molecular flexibility index (Phi) is 4.81. The molecule has 82 valence electrons. The molecule has 0 saturated heterocycles. The van der Waals surface area contributed by atoms with Crippen LogP contribution in [0.4, 0.5) is 0 Å². The number of allylic oxidation sites excluding steroid dienone is 3. The molecule has 3 heteroatoms. The van der Waals surface area contributed by atoms with E-state index < -0.39 is 0 Å². The first-order chi connectivity index (χ1) is 7.24. The van der Waals surface area contributed by atoms with Crippen LogP contribution in [0.15, 0.2) is 24.3 Å². The van der Waals surface area contributed by atoms with Gasteiger partial charge in [-0.25, -0.2) is 4.79 Å². The molecule has 0 N–H and O–H groups in total. The molecule has 1 aliphatic carbocycles. The Hall–Kier alpha value is -1.38. The van der Waals surface area contributed by atoms with E-state index in [4.69, 9.17) is 0 Å². The van der Waals surface area contributed by atoms with Crippen LogP contribution in [0.25, 0.3) is 0 Å². The Morgan fingerprint density at radius 2 is 2.47 bits per heavy atom. The fraction of sp³-hybridized carbons (Fsp3) is 0.500. The molecule has 0 aromatic heterocycles. The van der Waals surface area contributed by atoms with Gasteiger partial charge in [-0.15, -0.1) is 0 Å². The van der Waals surface area contributed by atoms with Crippen LogP contribution in [0, 0.1) is 5.92 Å². The van der Waals surface area contributed by atoms with Gasteiger partial charge >= 0.3 is 5.97 Å². The summed E-state index contributed by atoms with van der Waals surface area (Å²) in [6.07, 6.45) is 10.3. The zero-order valence-corrected chi connectivity index (χ0v) is 8.94. The summed E-state index contributed by atoms with van der Waals surface area (Å²) in [4.78, 5) is 21.9. The SMILES string of the molecule is COC(=O)C=CCCCC1CC=CC1=O. The summed E-state index contributed by atoms with van der Waals surface area (Å²) >= 11 is 0. The van der Waals surface area contributed by atoms with Gasteiger partial charge in [-0.1, -0.05) is 12.2 Å². The van der Waals surface area contributed by atoms with Crippen molar-refractivity contribution in [2.75, 3.05) is 7.11 Å². The van der Waals surface area contributed by atoms with Gasteiger partial charge in [-0.3, -0.25) is 4.79 Å². The second kappa shape index (κ2) is 6.17. The highest BCUT2D eigenvalue weighted by Crippen LogP contribution is 2.20. The Morgan fingerprint density at radius 1 is 1.67 bits per heavy atom. The predicted octanol–water partition coefficient (Wildman–Crippen LogP) is 2.03. The fourth-order valence-electron chi connectivity index (χ4n) is 1.59. The molecule has 1 aliphatic rings. The van der Waals surface area contributed by atoms with Gasteiger partial charge in [0.25, 0.3) is 0 Å². The van der Waals surface area contributed by atoms with Gasteiger partial charge < -0.3 is 4.74 Å². The number of hydrogen-bond donors (Lipinski definition) is 0. The largest absolute Gasteiger partial charge is 0.466 e. The maximum atomic E-state index is 11.2. The molecule has 0 saturated carbocycles. The molecule has 0 aromatic carbocycles. The van der Waals surface area contributed by atoms with E-state index in [0.717, 1.165) is 25.7 Å². The van der Waals surface area contributed by atoms with Crippen LogP contribution in [-0.2, 0) is 14.3 Å². The summed E-state index contributed by atoms with van der Waals surface area (Å²) in [6, 6.07) is 0. The lowest BCUT2D eigenvalue weighted by molar-refractivity contribution is -0.134. The molecule has 0 heterocycles. The van der Waals surface area contributed by atoms with Gasteiger partial charge in [-0.05, 0) is 31.8 Å². The molecular formula is C12H16O3. The highest BCUT2D eigenvalue weighted by atomic mass is 16.5. The molecule has 0 aliphatic heterocycles. The molecule has 0 spiro atoms. The standard InChI is InChI=1S/C12H16O3/c1-15-12(14)9-4-2-3-6-10-7-5-8-11(10)13/h4-5,8-10H,2-3,6-7H2,1H3. The van der Waals surface area contributed by atoms with Crippen LogP contribution >= 0.6 is 0 Å². The van der Waals surface area contributed by atoms with Crippen LogP contribution in [-0.4, -0.2) is 18.9 Å². The van der Waals surface area contributed by atoms with E-state index >= 15 is 0 Å². The normalized spacial score (nSPS) is 20.1. The van der Waals surface area contributed by atoms with Crippen molar-refractivity contribution in [1.82, 2.24) is 0 Å². The number of carbonyl (C=O) groups is 2. The summed E-state index contributed by atoms with van der Waals surface area (Å²) in [5.74, 6) is 0.0945. The van der Waals surface area contributed by atoms with Crippen molar-refractivity contribution in [2.45, 2.75) is 25.7 Å². The zero-order chi connectivity index (χ0) is 11.1. The van der Waals surface area contributed by atoms with Crippen LogP contribution in [0.5, 0.6) is 0 Å². The van der Waals surface area contributed by atoms with Gasteiger partial charge in [0.1, 0.15) is 0 Å². The summed E-state index contributed by atoms with van der Waals surface area (Å²) in [7, 11) is 1.36. The summed E-state index contributed by atoms with van der Waals surface area (Å²) < 4.78 is 4.46. The van der Waals surface area contributed by atoms with Crippen molar-refractivity contribution in [3.05, 3.63) is 24.3 Å². The fourth-order valence-corrected chi connectivity index (χ4v) is 1.59. The maximum Gasteiger partial charge on any atom is 0.330 e. The first kappa shape index (κ1) is 11.7. The number of ether oxygens (including phenoxy) is 1. The third-order valence-electron chi connectivity index (χ3n) is 2.48. The van der Waals surface area contributed by atoms with E-state index in [1.807, 2.05) is 6.08 Å². The minimum atomic E-state index is -0.325. The van der Waals surface area contributed by atoms with Gasteiger partial charge in [0.05, 0.1) is 7.11 Å². The monoisotopic (exact) mass is 208 g/mol. The van der Waals surface area contributed by atoms with Crippen LogP contribution in [0.1, 0.15) is 25.7 Å². The first-order valence-electron chi connectivity index (χ1n) is 5.19. The molecule has 1 atom stereocenters. The second-order valence-electron chi connectivity index (χ2n) is 3.59. The molecule has 0 amide bonds. The average molecular weight is 208 g/mol. The molecular weight excluding hydrogens is 192 g/mol. The van der Waals surface area contributed by atoms with E-state index in [-0.39, 0.29) is 17.7 Å². The van der Waals surface area contributed by atoms with E-state index in [9.17, 15) is 9.59 Å². The molecule has 0 radical (unpaired) electrons. The topological polar surface area (TPSA) is 43.4 Å². The molecule has 1 unspecified atom stereocenters. The van der Waals surface area contributed by atoms with Gasteiger partial charge in [-0.2, -0.15) is 0 Å². The third kappa shape index (κ3) is 4.11. The highest BCUT2D eigenvalue weighted by molar-refractivity contribution is 5.93. The van der Waals surface area contributed by atoms with Crippen LogP contribution < -0.4 is 0 Å². The molecule has 3 nitrogen and oxygen atoms in total. The van der Waals surface area contributed by atoms with Crippen LogP contribution in [0.3, 0.4) is 0 Å². The third-order valence-corrected chi connectivity index (χ3v) is 2.48. The van der Waals surface area contributed by atoms with Crippen molar-refractivity contribution >= 4 is 11.8 Å². The number of esters is 1. The molecule has 0 aromatic rings. The van der Waals surface area contributed by atoms with E-state index in [1.165, 1.54) is 13.2 Å². The molecule has 1 rings (SSSR count). The van der Waals surface area contributed by atoms with Crippen LogP contribution in [0.2, 0.25) is 0 Å². The lowest BCUT2D eigenvalue weighted by Gasteiger charge is -2.05. The second-order valence-corrected chi connectivity index (χ2v) is 3.59. The van der Waals surface area contributed by atoms with Gasteiger partial charge in [0.2, 0.25) is 0 Å². The number of methoxy groups -OCH3 is 1. The van der Waals surface area contributed by atoms with Gasteiger partial charge in [0.15, 0.2) is 5.78 Å². The first-order valence-corrected chi connectivity index (χ1v) is 5.19. The lowest BCUT2D eigenvalue weighted by atomic mass is 9.99. The Balaban J connectivity index is 2.09. The number of hydrogen-bond acceptors (Lipinski definition) is 3. The summed E-state index contributed by atoms with van der Waals surface area (Å²) in [5.41, 5.74) is 0. The molecule has 0 bridgehead atoms.